The van der Waals surface area contributed by atoms with Gasteiger partial charge in [0, 0.05) is 12.5 Å². The van der Waals surface area contributed by atoms with E-state index in [1.54, 1.807) is 13.0 Å². The predicted octanol–water partition coefficient (Wildman–Crippen LogP) is 2.50. The molecule has 5 nitrogen and oxygen atoms in total. The smallest absolute Gasteiger partial charge is 0.311 e. The molecule has 0 radical (unpaired) electrons. The van der Waals surface area contributed by atoms with Crippen LogP contribution in [-0.4, -0.2) is 22.6 Å². The molecule has 17 heavy (non-hydrogen) atoms. The van der Waals surface area contributed by atoms with E-state index in [1.807, 2.05) is 0 Å². The number of nitrogens with zero attached hydrogens (tertiary/aromatic N) is 1. The molecule has 0 aliphatic carbocycles. The van der Waals surface area contributed by atoms with Crippen LogP contribution in [0.15, 0.2) is 18.2 Å². The van der Waals surface area contributed by atoms with Crippen LogP contribution in [0.4, 0.5) is 5.69 Å². The van der Waals surface area contributed by atoms with Gasteiger partial charge >= 0.3 is 5.69 Å². The summed E-state index contributed by atoms with van der Waals surface area (Å²) in [6.45, 7) is 2.12. The Labute approximate surface area is 107 Å². The average molecular weight is 302 g/mol. The lowest BCUT2D eigenvalue weighted by atomic mass is 10.1. The minimum atomic E-state index is -0.507. The van der Waals surface area contributed by atoms with Crippen LogP contribution in [0.1, 0.15) is 12.5 Å². The van der Waals surface area contributed by atoms with Crippen molar-refractivity contribution in [3.8, 4) is 5.75 Å². The van der Waals surface area contributed by atoms with Crippen molar-refractivity contribution in [3.05, 3.63) is 33.9 Å². The normalized spacial score (nSPS) is 10.0. The summed E-state index contributed by atoms with van der Waals surface area (Å²) in [5.74, 6) is 0.205. The van der Waals surface area contributed by atoms with E-state index in [4.69, 9.17) is 4.74 Å². The van der Waals surface area contributed by atoms with Gasteiger partial charge in [-0.15, -0.1) is 0 Å². The molecule has 0 fully saturated rings. The fourth-order valence-corrected chi connectivity index (χ4v) is 1.57. The van der Waals surface area contributed by atoms with Crippen molar-refractivity contribution in [3.63, 3.8) is 0 Å². The number of carbonyl (C=O) groups is 1. The molecule has 0 unspecified atom stereocenters. The first-order valence-electron chi connectivity index (χ1n) is 5.06. The van der Waals surface area contributed by atoms with Crippen molar-refractivity contribution >= 4 is 27.4 Å². The quantitative estimate of drug-likeness (QED) is 0.460. The standard InChI is InChI=1S/C11H12BrNO4/c1-2-17-11-4-3-8(5-9(14)7-12)6-10(11)13(15)16/h3-4,6H,2,5,7H2,1H3. The molecule has 0 spiro atoms. The van der Waals surface area contributed by atoms with Gasteiger partial charge < -0.3 is 4.74 Å². The lowest BCUT2D eigenvalue weighted by Crippen LogP contribution is -2.04. The minimum absolute atomic E-state index is 0.0246. The third-order valence-corrected chi connectivity index (χ3v) is 2.70. The number of ketones is 1. The molecule has 0 saturated heterocycles. The van der Waals surface area contributed by atoms with E-state index >= 15 is 0 Å². The molecule has 1 aromatic carbocycles. The molecule has 0 aromatic heterocycles. The Hall–Kier alpha value is -1.43. The van der Waals surface area contributed by atoms with E-state index in [9.17, 15) is 14.9 Å². The van der Waals surface area contributed by atoms with E-state index in [2.05, 4.69) is 15.9 Å². The van der Waals surface area contributed by atoms with Crippen molar-refractivity contribution in [2.45, 2.75) is 13.3 Å². The molecule has 0 amide bonds. The van der Waals surface area contributed by atoms with Crippen LogP contribution < -0.4 is 4.74 Å². The number of carbonyl (C=O) groups excluding carboxylic acids is 1. The molecule has 0 aliphatic rings. The fraction of sp³-hybridized carbons (Fsp3) is 0.364. The number of hydrogen-bond donors (Lipinski definition) is 0. The molecule has 1 aromatic rings. The zero-order valence-corrected chi connectivity index (χ0v) is 10.9. The first-order valence-corrected chi connectivity index (χ1v) is 6.18. The van der Waals surface area contributed by atoms with E-state index in [0.29, 0.717) is 12.2 Å². The summed E-state index contributed by atoms with van der Waals surface area (Å²) in [6.07, 6.45) is 0.179. The lowest BCUT2D eigenvalue weighted by molar-refractivity contribution is -0.385. The summed E-state index contributed by atoms with van der Waals surface area (Å²) < 4.78 is 5.15. The molecular formula is C11H12BrNO4. The van der Waals surface area contributed by atoms with Gasteiger partial charge in [-0.1, -0.05) is 22.0 Å². The summed E-state index contributed by atoms with van der Waals surface area (Å²) in [7, 11) is 0. The van der Waals surface area contributed by atoms with E-state index in [1.165, 1.54) is 12.1 Å². The second-order valence-corrected chi connectivity index (χ2v) is 3.90. The van der Waals surface area contributed by atoms with Crippen LogP contribution in [0, 0.1) is 10.1 Å². The highest BCUT2D eigenvalue weighted by molar-refractivity contribution is 9.09. The van der Waals surface area contributed by atoms with Gasteiger partial charge in [-0.3, -0.25) is 14.9 Å². The molecule has 0 atom stereocenters. The second-order valence-electron chi connectivity index (χ2n) is 3.34. The van der Waals surface area contributed by atoms with Crippen molar-refractivity contribution in [1.29, 1.82) is 0 Å². The number of halogens is 1. The Morgan fingerprint density at radius 3 is 2.76 bits per heavy atom. The molecule has 0 heterocycles. The molecule has 92 valence electrons. The van der Waals surface area contributed by atoms with Gasteiger partial charge in [-0.05, 0) is 18.6 Å². The van der Waals surface area contributed by atoms with Crippen LogP contribution in [0.5, 0.6) is 5.75 Å². The molecule has 0 aliphatic heterocycles. The Balaban J connectivity index is 3.01. The van der Waals surface area contributed by atoms with Gasteiger partial charge in [0.15, 0.2) is 5.75 Å². The van der Waals surface area contributed by atoms with Crippen LogP contribution in [-0.2, 0) is 11.2 Å². The summed E-state index contributed by atoms with van der Waals surface area (Å²) in [6, 6.07) is 4.57. The van der Waals surface area contributed by atoms with Crippen molar-refractivity contribution in [2.24, 2.45) is 0 Å². The maximum absolute atomic E-state index is 11.2. The molecular weight excluding hydrogens is 290 g/mol. The molecule has 1 rings (SSSR count). The van der Waals surface area contributed by atoms with Crippen molar-refractivity contribution < 1.29 is 14.5 Å². The molecule has 6 heteroatoms. The zero-order valence-electron chi connectivity index (χ0n) is 9.31. The highest BCUT2D eigenvalue weighted by Crippen LogP contribution is 2.28. The minimum Gasteiger partial charge on any atom is -0.487 e. The number of benzene rings is 1. The second kappa shape index (κ2) is 6.34. The van der Waals surface area contributed by atoms with Crippen LogP contribution >= 0.6 is 15.9 Å². The molecule has 0 saturated carbocycles. The highest BCUT2D eigenvalue weighted by atomic mass is 79.9. The van der Waals surface area contributed by atoms with Gasteiger partial charge in [0.05, 0.1) is 16.9 Å². The largest absolute Gasteiger partial charge is 0.487 e. The summed E-state index contributed by atoms with van der Waals surface area (Å²) in [5, 5.41) is 11.1. The average Bonchev–Trinajstić information content (AvgIpc) is 2.31. The van der Waals surface area contributed by atoms with Crippen LogP contribution in [0.3, 0.4) is 0 Å². The lowest BCUT2D eigenvalue weighted by Gasteiger charge is -2.05. The monoisotopic (exact) mass is 301 g/mol. The highest BCUT2D eigenvalue weighted by Gasteiger charge is 2.16. The first kappa shape index (κ1) is 13.6. The van der Waals surface area contributed by atoms with Gasteiger partial charge in [-0.25, -0.2) is 0 Å². The summed E-state index contributed by atoms with van der Waals surface area (Å²) >= 11 is 3.05. The van der Waals surface area contributed by atoms with E-state index in [0.717, 1.165) is 0 Å². The van der Waals surface area contributed by atoms with Gasteiger partial charge in [0.1, 0.15) is 5.78 Å². The number of nitro benzene ring substituents is 1. The maximum Gasteiger partial charge on any atom is 0.311 e. The van der Waals surface area contributed by atoms with Gasteiger partial charge in [0.25, 0.3) is 0 Å². The van der Waals surface area contributed by atoms with Crippen LogP contribution in [0.2, 0.25) is 0 Å². The van der Waals surface area contributed by atoms with E-state index < -0.39 is 4.92 Å². The number of ether oxygens (including phenoxy) is 1. The molecule has 0 bridgehead atoms. The number of rotatable bonds is 6. The Morgan fingerprint density at radius 2 is 2.24 bits per heavy atom. The SMILES string of the molecule is CCOc1ccc(CC(=O)CBr)cc1[N+](=O)[O-]. The predicted molar refractivity (Wildman–Crippen MR) is 66.8 cm³/mol. The summed E-state index contributed by atoms with van der Waals surface area (Å²) in [4.78, 5) is 21.6. The Bertz CT molecular complexity index is 433. The third kappa shape index (κ3) is 3.81. The van der Waals surface area contributed by atoms with Gasteiger partial charge in [-0.2, -0.15) is 0 Å². The topological polar surface area (TPSA) is 69.4 Å². The number of nitro groups is 1. The Morgan fingerprint density at radius 1 is 1.53 bits per heavy atom. The van der Waals surface area contributed by atoms with Crippen molar-refractivity contribution in [2.75, 3.05) is 11.9 Å². The Kier molecular flexibility index (Phi) is 5.09. The maximum atomic E-state index is 11.2. The fourth-order valence-electron chi connectivity index (χ4n) is 1.37. The summed E-state index contributed by atoms with van der Waals surface area (Å²) in [5.41, 5.74) is 0.510. The first-order chi connectivity index (χ1) is 8.08. The number of hydrogen-bond acceptors (Lipinski definition) is 4. The van der Waals surface area contributed by atoms with Crippen molar-refractivity contribution in [1.82, 2.24) is 0 Å². The number of Topliss-reactive ketones (excluding diaryl/α,β-unsaturated/α-hetero) is 1. The molecule has 0 N–H and O–H groups in total. The van der Waals surface area contributed by atoms with Crippen LogP contribution in [0.25, 0.3) is 0 Å². The van der Waals surface area contributed by atoms with Gasteiger partial charge in [0.2, 0.25) is 0 Å². The third-order valence-electron chi connectivity index (χ3n) is 2.07. The zero-order chi connectivity index (χ0) is 12.8. The van der Waals surface area contributed by atoms with E-state index in [-0.39, 0.29) is 29.0 Å². The number of alkyl halides is 1.